The van der Waals surface area contributed by atoms with Crippen molar-refractivity contribution in [1.29, 1.82) is 0 Å². The predicted molar refractivity (Wildman–Crippen MR) is 62.9 cm³/mol. The number of ether oxygens (including phenoxy) is 1. The molecule has 2 heteroatoms. The van der Waals surface area contributed by atoms with E-state index in [1.807, 2.05) is 0 Å². The van der Waals surface area contributed by atoms with Crippen LogP contribution in [-0.2, 0) is 4.74 Å². The Kier molecular flexibility index (Phi) is 5.07. The van der Waals surface area contributed by atoms with Gasteiger partial charge < -0.3 is 9.84 Å². The first kappa shape index (κ1) is 13.0. The smallest absolute Gasteiger partial charge is 0.0912 e. The fourth-order valence-electron chi connectivity index (χ4n) is 2.24. The molecular weight excluding hydrogens is 188 g/mol. The minimum Gasteiger partial charge on any atom is -0.390 e. The second-order valence-electron chi connectivity index (χ2n) is 5.46. The van der Waals surface area contributed by atoms with E-state index in [1.54, 1.807) is 0 Å². The molecule has 0 aliphatic carbocycles. The van der Waals surface area contributed by atoms with E-state index in [0.29, 0.717) is 0 Å². The third-order valence-corrected chi connectivity index (χ3v) is 3.46. The first-order chi connectivity index (χ1) is 7.04. The Morgan fingerprint density at radius 1 is 1.27 bits per heavy atom. The molecule has 1 aliphatic rings. The van der Waals surface area contributed by atoms with Gasteiger partial charge in [0, 0.05) is 6.61 Å². The molecule has 1 aliphatic heterocycles. The summed E-state index contributed by atoms with van der Waals surface area (Å²) < 4.78 is 5.73. The Labute approximate surface area is 94.0 Å². The van der Waals surface area contributed by atoms with Gasteiger partial charge in [-0.15, -0.1) is 0 Å². The van der Waals surface area contributed by atoms with Gasteiger partial charge >= 0.3 is 0 Å². The van der Waals surface area contributed by atoms with Gasteiger partial charge in [0.15, 0.2) is 0 Å². The van der Waals surface area contributed by atoms with Gasteiger partial charge in [0.2, 0.25) is 0 Å². The van der Waals surface area contributed by atoms with Gasteiger partial charge in [-0.3, -0.25) is 0 Å². The van der Waals surface area contributed by atoms with Crippen molar-refractivity contribution in [3.8, 4) is 0 Å². The first-order valence-electron chi connectivity index (χ1n) is 6.36. The van der Waals surface area contributed by atoms with Crippen molar-refractivity contribution in [2.45, 2.75) is 71.0 Å². The number of hydrogen-bond acceptors (Lipinski definition) is 2. The van der Waals surface area contributed by atoms with E-state index in [2.05, 4.69) is 20.8 Å². The van der Waals surface area contributed by atoms with Crippen LogP contribution in [0.25, 0.3) is 0 Å². The minimum absolute atomic E-state index is 0.269. The van der Waals surface area contributed by atoms with E-state index >= 15 is 0 Å². The van der Waals surface area contributed by atoms with E-state index in [4.69, 9.17) is 4.74 Å². The fraction of sp³-hybridized carbons (Fsp3) is 1.00. The van der Waals surface area contributed by atoms with Crippen molar-refractivity contribution in [2.24, 2.45) is 5.92 Å². The molecule has 0 radical (unpaired) electrons. The summed E-state index contributed by atoms with van der Waals surface area (Å²) in [4.78, 5) is 0. The average Bonchev–Trinajstić information content (AvgIpc) is 2.18. The normalized spacial score (nSPS) is 29.4. The van der Waals surface area contributed by atoms with Gasteiger partial charge in [-0.05, 0) is 38.5 Å². The maximum Gasteiger partial charge on any atom is 0.0912 e. The molecule has 1 fully saturated rings. The molecule has 15 heavy (non-hydrogen) atoms. The van der Waals surface area contributed by atoms with E-state index in [1.165, 1.54) is 12.8 Å². The maximum atomic E-state index is 10.1. The Hall–Kier alpha value is -0.0800. The van der Waals surface area contributed by atoms with Crippen LogP contribution in [0.2, 0.25) is 0 Å². The van der Waals surface area contributed by atoms with Crippen LogP contribution in [0.3, 0.4) is 0 Å². The molecule has 1 rings (SSSR count). The fourth-order valence-corrected chi connectivity index (χ4v) is 2.24. The number of rotatable bonds is 5. The van der Waals surface area contributed by atoms with Crippen molar-refractivity contribution >= 4 is 0 Å². The Morgan fingerprint density at radius 3 is 2.53 bits per heavy atom. The molecule has 90 valence electrons. The van der Waals surface area contributed by atoms with E-state index in [0.717, 1.165) is 38.2 Å². The molecule has 2 atom stereocenters. The van der Waals surface area contributed by atoms with Crippen LogP contribution in [0.1, 0.15) is 59.3 Å². The van der Waals surface area contributed by atoms with Gasteiger partial charge in [0.05, 0.1) is 11.7 Å². The van der Waals surface area contributed by atoms with Gasteiger partial charge in [0.25, 0.3) is 0 Å². The summed E-state index contributed by atoms with van der Waals surface area (Å²) in [6, 6.07) is 0. The van der Waals surface area contributed by atoms with Gasteiger partial charge in [0.1, 0.15) is 0 Å². The standard InChI is InChI=1S/C13H26O2/c1-11(2)7-6-8-12(14)13(3)9-4-5-10-15-13/h11-12,14H,4-10H2,1-3H3. The summed E-state index contributed by atoms with van der Waals surface area (Å²) in [5, 5.41) is 10.1. The van der Waals surface area contributed by atoms with Crippen molar-refractivity contribution in [1.82, 2.24) is 0 Å². The van der Waals surface area contributed by atoms with Crippen molar-refractivity contribution in [3.63, 3.8) is 0 Å². The highest BCUT2D eigenvalue weighted by Gasteiger charge is 2.35. The second-order valence-corrected chi connectivity index (χ2v) is 5.46. The SMILES string of the molecule is CC(C)CCCC(O)C1(C)CCCCO1. The lowest BCUT2D eigenvalue weighted by molar-refractivity contribution is -0.138. The molecule has 0 aromatic heterocycles. The molecular formula is C13H26O2. The topological polar surface area (TPSA) is 29.5 Å². The van der Waals surface area contributed by atoms with Crippen molar-refractivity contribution < 1.29 is 9.84 Å². The van der Waals surface area contributed by atoms with Crippen molar-refractivity contribution in [2.75, 3.05) is 6.61 Å². The zero-order chi connectivity index (χ0) is 11.3. The van der Waals surface area contributed by atoms with E-state index in [-0.39, 0.29) is 11.7 Å². The molecule has 1 saturated heterocycles. The Morgan fingerprint density at radius 2 is 2.00 bits per heavy atom. The zero-order valence-corrected chi connectivity index (χ0v) is 10.5. The third-order valence-electron chi connectivity index (χ3n) is 3.46. The molecule has 2 nitrogen and oxygen atoms in total. The molecule has 2 unspecified atom stereocenters. The molecule has 0 bridgehead atoms. The first-order valence-corrected chi connectivity index (χ1v) is 6.36. The number of aliphatic hydroxyl groups excluding tert-OH is 1. The Bertz CT molecular complexity index is 171. The molecule has 0 aromatic carbocycles. The van der Waals surface area contributed by atoms with Crippen LogP contribution < -0.4 is 0 Å². The zero-order valence-electron chi connectivity index (χ0n) is 10.5. The van der Waals surface area contributed by atoms with E-state index in [9.17, 15) is 5.11 Å². The highest BCUT2D eigenvalue weighted by atomic mass is 16.5. The van der Waals surface area contributed by atoms with E-state index < -0.39 is 0 Å². The third kappa shape index (κ3) is 4.12. The van der Waals surface area contributed by atoms with Crippen LogP contribution in [0.15, 0.2) is 0 Å². The summed E-state index contributed by atoms with van der Waals surface area (Å²) >= 11 is 0. The van der Waals surface area contributed by atoms with Crippen LogP contribution in [0.4, 0.5) is 0 Å². The molecule has 1 N–H and O–H groups in total. The molecule has 0 saturated carbocycles. The lowest BCUT2D eigenvalue weighted by Gasteiger charge is -2.38. The highest BCUT2D eigenvalue weighted by molar-refractivity contribution is 4.86. The quantitative estimate of drug-likeness (QED) is 0.762. The van der Waals surface area contributed by atoms with Gasteiger partial charge in [-0.2, -0.15) is 0 Å². The second kappa shape index (κ2) is 5.86. The average molecular weight is 214 g/mol. The van der Waals surface area contributed by atoms with Crippen LogP contribution in [0.5, 0.6) is 0 Å². The monoisotopic (exact) mass is 214 g/mol. The molecule has 0 spiro atoms. The largest absolute Gasteiger partial charge is 0.390 e. The minimum atomic E-state index is -0.281. The summed E-state index contributed by atoms with van der Waals surface area (Å²) in [5.74, 6) is 0.734. The summed E-state index contributed by atoms with van der Waals surface area (Å²) in [7, 11) is 0. The van der Waals surface area contributed by atoms with Crippen LogP contribution >= 0.6 is 0 Å². The molecule has 1 heterocycles. The Balaban J connectivity index is 2.28. The number of aliphatic hydroxyl groups is 1. The summed E-state index contributed by atoms with van der Waals surface area (Å²) in [6.07, 6.45) is 6.26. The van der Waals surface area contributed by atoms with Crippen molar-refractivity contribution in [3.05, 3.63) is 0 Å². The van der Waals surface area contributed by atoms with Crippen LogP contribution in [0, 0.1) is 5.92 Å². The summed E-state index contributed by atoms with van der Waals surface area (Å²) in [6.45, 7) is 7.33. The lowest BCUT2D eigenvalue weighted by atomic mass is 9.87. The maximum absolute atomic E-state index is 10.1. The molecule has 0 amide bonds. The summed E-state index contributed by atoms with van der Waals surface area (Å²) in [5.41, 5.74) is -0.269. The highest BCUT2D eigenvalue weighted by Crippen LogP contribution is 2.30. The molecule has 0 aromatic rings. The lowest BCUT2D eigenvalue weighted by Crippen LogP contribution is -2.44. The number of hydrogen-bond donors (Lipinski definition) is 1. The van der Waals surface area contributed by atoms with Gasteiger partial charge in [-0.1, -0.05) is 26.7 Å². The van der Waals surface area contributed by atoms with Crippen LogP contribution in [-0.4, -0.2) is 23.4 Å². The van der Waals surface area contributed by atoms with Gasteiger partial charge in [-0.25, -0.2) is 0 Å². The predicted octanol–water partition coefficient (Wildman–Crippen LogP) is 3.13.